The number of benzene rings is 2. The molecule has 23 heavy (non-hydrogen) atoms. The highest BCUT2D eigenvalue weighted by Gasteiger charge is 2.30. The van der Waals surface area contributed by atoms with Gasteiger partial charge in [0.05, 0.1) is 0 Å². The normalized spacial score (nSPS) is 16.3. The van der Waals surface area contributed by atoms with Crippen LogP contribution >= 0.6 is 11.6 Å². The zero-order valence-corrected chi connectivity index (χ0v) is 13.7. The Bertz CT molecular complexity index is 739. The number of hydrogen-bond acceptors (Lipinski definition) is 2. The molecular formula is C19H18ClNO2. The molecule has 0 spiro atoms. The van der Waals surface area contributed by atoms with Gasteiger partial charge in [0.2, 0.25) is 5.91 Å². The lowest BCUT2D eigenvalue weighted by atomic mass is 10.1. The third-order valence-corrected chi connectivity index (χ3v) is 4.46. The highest BCUT2D eigenvalue weighted by atomic mass is 35.5. The monoisotopic (exact) mass is 327 g/mol. The first-order valence-corrected chi connectivity index (χ1v) is 8.13. The minimum absolute atomic E-state index is 0.00441. The molecule has 1 atom stereocenters. The van der Waals surface area contributed by atoms with Gasteiger partial charge >= 0.3 is 0 Å². The van der Waals surface area contributed by atoms with E-state index in [2.05, 4.69) is 6.07 Å². The van der Waals surface area contributed by atoms with Crippen LogP contribution in [0.4, 0.5) is 5.69 Å². The van der Waals surface area contributed by atoms with Crippen LogP contribution in [-0.4, -0.2) is 17.7 Å². The number of anilines is 1. The summed E-state index contributed by atoms with van der Waals surface area (Å²) < 4.78 is 0. The number of hydrogen-bond donors (Lipinski definition) is 0. The minimum Gasteiger partial charge on any atom is -0.309 e. The van der Waals surface area contributed by atoms with Crippen LogP contribution in [0, 0.1) is 0 Å². The van der Waals surface area contributed by atoms with Crippen LogP contribution in [-0.2, 0) is 11.2 Å². The summed E-state index contributed by atoms with van der Waals surface area (Å²) in [6.45, 7) is 2.04. The van der Waals surface area contributed by atoms with E-state index in [0.717, 1.165) is 12.1 Å². The first kappa shape index (κ1) is 15.8. The van der Waals surface area contributed by atoms with E-state index in [1.165, 1.54) is 5.56 Å². The molecule has 0 aromatic heterocycles. The SMILES string of the molecule is C[C@@H]1Cc2ccccc2N1C(=O)CCC(=O)c1ccc(Cl)cc1. The molecule has 118 valence electrons. The topological polar surface area (TPSA) is 37.4 Å². The van der Waals surface area contributed by atoms with Crippen LogP contribution in [0.1, 0.15) is 35.7 Å². The first-order valence-electron chi connectivity index (χ1n) is 7.75. The summed E-state index contributed by atoms with van der Waals surface area (Å²) in [6.07, 6.45) is 1.30. The fraction of sp³-hybridized carbons (Fsp3) is 0.263. The van der Waals surface area contributed by atoms with Crippen molar-refractivity contribution in [3.63, 3.8) is 0 Å². The molecule has 1 heterocycles. The quantitative estimate of drug-likeness (QED) is 0.786. The third-order valence-electron chi connectivity index (χ3n) is 4.21. The summed E-state index contributed by atoms with van der Waals surface area (Å²) in [7, 11) is 0. The number of fused-ring (bicyclic) bond motifs is 1. The van der Waals surface area contributed by atoms with Crippen molar-refractivity contribution in [1.29, 1.82) is 0 Å². The molecule has 0 N–H and O–H groups in total. The molecule has 1 aliphatic heterocycles. The van der Waals surface area contributed by atoms with Gasteiger partial charge in [-0.3, -0.25) is 9.59 Å². The van der Waals surface area contributed by atoms with E-state index >= 15 is 0 Å². The minimum atomic E-state index is -0.0323. The van der Waals surface area contributed by atoms with Gasteiger partial charge < -0.3 is 4.90 Å². The van der Waals surface area contributed by atoms with Crippen molar-refractivity contribution in [2.75, 3.05) is 4.90 Å². The molecule has 2 aromatic carbocycles. The molecule has 2 aromatic rings. The number of carbonyl (C=O) groups is 2. The van der Waals surface area contributed by atoms with Gasteiger partial charge in [-0.25, -0.2) is 0 Å². The maximum Gasteiger partial charge on any atom is 0.227 e. The van der Waals surface area contributed by atoms with Crippen molar-refractivity contribution in [3.8, 4) is 0 Å². The summed E-state index contributed by atoms with van der Waals surface area (Å²) in [4.78, 5) is 26.6. The van der Waals surface area contributed by atoms with Gasteiger partial charge in [-0.2, -0.15) is 0 Å². The van der Waals surface area contributed by atoms with Gasteiger partial charge in [-0.05, 0) is 49.2 Å². The van der Waals surface area contributed by atoms with Gasteiger partial charge in [0, 0.05) is 35.2 Å². The van der Waals surface area contributed by atoms with Crippen LogP contribution < -0.4 is 4.90 Å². The number of halogens is 1. The lowest BCUT2D eigenvalue weighted by molar-refractivity contribution is -0.118. The third kappa shape index (κ3) is 3.30. The largest absolute Gasteiger partial charge is 0.309 e. The van der Waals surface area contributed by atoms with E-state index in [9.17, 15) is 9.59 Å². The summed E-state index contributed by atoms with van der Waals surface area (Å²) >= 11 is 5.82. The summed E-state index contributed by atoms with van der Waals surface area (Å²) in [5.41, 5.74) is 2.76. The van der Waals surface area contributed by atoms with Gasteiger partial charge in [0.15, 0.2) is 5.78 Å². The van der Waals surface area contributed by atoms with Crippen LogP contribution in [0.15, 0.2) is 48.5 Å². The smallest absolute Gasteiger partial charge is 0.227 e. The summed E-state index contributed by atoms with van der Waals surface area (Å²) in [6, 6.07) is 14.9. The number of Topliss-reactive ketones (excluding diaryl/α,β-unsaturated/α-hetero) is 1. The number of rotatable bonds is 4. The van der Waals surface area contributed by atoms with Crippen molar-refractivity contribution in [1.82, 2.24) is 0 Å². The van der Waals surface area contributed by atoms with E-state index in [1.807, 2.05) is 30.0 Å². The Kier molecular flexibility index (Phi) is 4.49. The maximum atomic E-state index is 12.6. The molecule has 1 amide bonds. The number of para-hydroxylation sites is 1. The molecule has 3 nitrogen and oxygen atoms in total. The van der Waals surface area contributed by atoms with Crippen LogP contribution in [0.25, 0.3) is 0 Å². The zero-order chi connectivity index (χ0) is 16.4. The summed E-state index contributed by atoms with van der Waals surface area (Å²) in [5, 5.41) is 0.597. The molecule has 0 radical (unpaired) electrons. The number of carbonyl (C=O) groups excluding carboxylic acids is 2. The lowest BCUT2D eigenvalue weighted by Crippen LogP contribution is -2.35. The molecule has 0 saturated carbocycles. The van der Waals surface area contributed by atoms with E-state index in [1.54, 1.807) is 24.3 Å². The lowest BCUT2D eigenvalue weighted by Gasteiger charge is -2.22. The van der Waals surface area contributed by atoms with Crippen LogP contribution in [0.3, 0.4) is 0 Å². The van der Waals surface area contributed by atoms with Crippen molar-refractivity contribution >= 4 is 29.0 Å². The molecule has 0 aliphatic carbocycles. The predicted octanol–water partition coefficient (Wildman–Crippen LogP) is 4.28. The Labute approximate surface area is 140 Å². The van der Waals surface area contributed by atoms with Crippen LogP contribution in [0.2, 0.25) is 5.02 Å². The van der Waals surface area contributed by atoms with Crippen molar-refractivity contribution in [2.45, 2.75) is 32.2 Å². The molecule has 0 bridgehead atoms. The predicted molar refractivity (Wildman–Crippen MR) is 92.1 cm³/mol. The zero-order valence-electron chi connectivity index (χ0n) is 13.0. The number of ketones is 1. The molecule has 0 fully saturated rings. The Balaban J connectivity index is 1.66. The highest BCUT2D eigenvalue weighted by Crippen LogP contribution is 2.32. The molecule has 0 saturated heterocycles. The number of amides is 1. The fourth-order valence-corrected chi connectivity index (χ4v) is 3.19. The molecular weight excluding hydrogens is 310 g/mol. The van der Waals surface area contributed by atoms with Crippen molar-refractivity contribution < 1.29 is 9.59 Å². The van der Waals surface area contributed by atoms with E-state index in [-0.39, 0.29) is 30.6 Å². The van der Waals surface area contributed by atoms with E-state index in [4.69, 9.17) is 11.6 Å². The van der Waals surface area contributed by atoms with E-state index < -0.39 is 0 Å². The second kappa shape index (κ2) is 6.55. The van der Waals surface area contributed by atoms with E-state index in [0.29, 0.717) is 10.6 Å². The standard InChI is InChI=1S/C19H18ClNO2/c1-13-12-15-4-2-3-5-17(15)21(13)19(23)11-10-18(22)14-6-8-16(20)9-7-14/h2-9,13H,10-12H2,1H3/t13-/m1/s1. The fourth-order valence-electron chi connectivity index (χ4n) is 3.07. The molecule has 1 aliphatic rings. The number of nitrogens with zero attached hydrogens (tertiary/aromatic N) is 1. The van der Waals surface area contributed by atoms with Gasteiger partial charge in [-0.15, -0.1) is 0 Å². The van der Waals surface area contributed by atoms with Crippen molar-refractivity contribution in [2.24, 2.45) is 0 Å². The summed E-state index contributed by atoms with van der Waals surface area (Å²) in [5.74, 6) is -0.0279. The Morgan fingerprint density at radius 1 is 1.09 bits per heavy atom. The molecule has 3 rings (SSSR count). The maximum absolute atomic E-state index is 12.6. The Morgan fingerprint density at radius 3 is 2.52 bits per heavy atom. The Hall–Kier alpha value is -2.13. The first-order chi connectivity index (χ1) is 11.1. The molecule has 0 unspecified atom stereocenters. The average molecular weight is 328 g/mol. The Morgan fingerprint density at radius 2 is 1.78 bits per heavy atom. The van der Waals surface area contributed by atoms with Gasteiger partial charge in [0.1, 0.15) is 0 Å². The van der Waals surface area contributed by atoms with Gasteiger partial charge in [0.25, 0.3) is 0 Å². The highest BCUT2D eigenvalue weighted by molar-refractivity contribution is 6.30. The van der Waals surface area contributed by atoms with Gasteiger partial charge in [-0.1, -0.05) is 29.8 Å². The van der Waals surface area contributed by atoms with Crippen molar-refractivity contribution in [3.05, 3.63) is 64.7 Å². The average Bonchev–Trinajstić information content (AvgIpc) is 2.88. The van der Waals surface area contributed by atoms with Crippen LogP contribution in [0.5, 0.6) is 0 Å². The molecule has 4 heteroatoms. The second-order valence-electron chi connectivity index (χ2n) is 5.88. The second-order valence-corrected chi connectivity index (χ2v) is 6.31.